The molecule has 2 aromatic rings. The molecule has 0 spiro atoms. The Hall–Kier alpha value is -2.21. The zero-order chi connectivity index (χ0) is 13.7. The van der Waals surface area contributed by atoms with Gasteiger partial charge in [-0.15, -0.1) is 0 Å². The standard InChI is InChI=1S/C13H14N4OS/c1-2-14-13(19)17-15-8-10-7-6-9-4-3-5-11(18)12(9)16-10/h3-8,18H,2H2,1H3,(H2,14,17,19)/b15-8+. The van der Waals surface area contributed by atoms with Gasteiger partial charge < -0.3 is 10.4 Å². The lowest BCUT2D eigenvalue weighted by Gasteiger charge is -2.03. The van der Waals surface area contributed by atoms with Crippen LogP contribution in [0.15, 0.2) is 35.4 Å². The van der Waals surface area contributed by atoms with Crippen molar-refractivity contribution in [2.24, 2.45) is 5.10 Å². The number of hydrazone groups is 1. The molecule has 0 aliphatic heterocycles. The molecule has 1 aromatic carbocycles. The van der Waals surface area contributed by atoms with E-state index < -0.39 is 0 Å². The van der Waals surface area contributed by atoms with E-state index >= 15 is 0 Å². The van der Waals surface area contributed by atoms with Crippen molar-refractivity contribution in [3.63, 3.8) is 0 Å². The van der Waals surface area contributed by atoms with Crippen LogP contribution in [0.25, 0.3) is 10.9 Å². The summed E-state index contributed by atoms with van der Waals surface area (Å²) in [4.78, 5) is 4.31. The Morgan fingerprint density at radius 1 is 1.42 bits per heavy atom. The van der Waals surface area contributed by atoms with Crippen LogP contribution in [0.4, 0.5) is 0 Å². The normalized spacial score (nSPS) is 10.8. The number of nitrogens with one attached hydrogen (secondary N) is 2. The van der Waals surface area contributed by atoms with Crippen molar-refractivity contribution in [2.75, 3.05) is 6.54 Å². The number of hydrogen-bond donors (Lipinski definition) is 3. The van der Waals surface area contributed by atoms with E-state index in [1.807, 2.05) is 25.1 Å². The summed E-state index contributed by atoms with van der Waals surface area (Å²) >= 11 is 4.97. The summed E-state index contributed by atoms with van der Waals surface area (Å²) in [5.41, 5.74) is 3.88. The number of rotatable bonds is 3. The molecule has 0 amide bonds. The molecule has 5 nitrogen and oxygen atoms in total. The SMILES string of the molecule is CCNC(=S)N/N=C/c1ccc2cccc(O)c2n1. The molecule has 0 unspecified atom stereocenters. The maximum atomic E-state index is 9.73. The van der Waals surface area contributed by atoms with Gasteiger partial charge in [0.05, 0.1) is 11.9 Å². The van der Waals surface area contributed by atoms with E-state index in [1.54, 1.807) is 18.3 Å². The van der Waals surface area contributed by atoms with Crippen LogP contribution in [-0.4, -0.2) is 28.0 Å². The number of pyridine rings is 1. The number of aromatic nitrogens is 1. The first-order valence-electron chi connectivity index (χ1n) is 5.86. The van der Waals surface area contributed by atoms with Crippen LogP contribution in [0.5, 0.6) is 5.75 Å². The maximum absolute atomic E-state index is 9.73. The molecule has 0 saturated carbocycles. The Bertz CT molecular complexity index is 627. The fourth-order valence-electron chi connectivity index (χ4n) is 1.58. The quantitative estimate of drug-likeness (QED) is 0.452. The fraction of sp³-hybridized carbons (Fsp3) is 0.154. The molecule has 0 aliphatic carbocycles. The van der Waals surface area contributed by atoms with Crippen LogP contribution in [0, 0.1) is 0 Å². The summed E-state index contributed by atoms with van der Waals surface area (Å²) < 4.78 is 0. The Morgan fingerprint density at radius 3 is 3.05 bits per heavy atom. The summed E-state index contributed by atoms with van der Waals surface area (Å²) in [6, 6.07) is 8.98. The van der Waals surface area contributed by atoms with Gasteiger partial charge in [0.25, 0.3) is 0 Å². The van der Waals surface area contributed by atoms with Crippen molar-refractivity contribution in [1.82, 2.24) is 15.7 Å². The van der Waals surface area contributed by atoms with Crippen LogP contribution in [0.1, 0.15) is 12.6 Å². The second-order valence-electron chi connectivity index (χ2n) is 3.81. The van der Waals surface area contributed by atoms with Gasteiger partial charge in [0, 0.05) is 11.9 Å². The average Bonchev–Trinajstić information content (AvgIpc) is 2.40. The minimum atomic E-state index is 0.156. The largest absolute Gasteiger partial charge is 0.506 e. The van der Waals surface area contributed by atoms with Crippen LogP contribution in [0.3, 0.4) is 0 Å². The Balaban J connectivity index is 2.15. The molecule has 98 valence electrons. The van der Waals surface area contributed by atoms with Gasteiger partial charge in [0.2, 0.25) is 0 Å². The molecule has 19 heavy (non-hydrogen) atoms. The third kappa shape index (κ3) is 3.38. The van der Waals surface area contributed by atoms with Crippen molar-refractivity contribution in [2.45, 2.75) is 6.92 Å². The molecule has 0 aliphatic rings. The van der Waals surface area contributed by atoms with Gasteiger partial charge in [-0.3, -0.25) is 5.43 Å². The molecular weight excluding hydrogens is 260 g/mol. The van der Waals surface area contributed by atoms with Crippen molar-refractivity contribution < 1.29 is 5.11 Å². The highest BCUT2D eigenvalue weighted by molar-refractivity contribution is 7.80. The average molecular weight is 274 g/mol. The summed E-state index contributed by atoms with van der Waals surface area (Å²) in [5, 5.41) is 18.0. The molecule has 3 N–H and O–H groups in total. The highest BCUT2D eigenvalue weighted by Gasteiger charge is 2.01. The third-order valence-corrected chi connectivity index (χ3v) is 2.66. The van der Waals surface area contributed by atoms with E-state index in [2.05, 4.69) is 20.8 Å². The Labute approximate surface area is 116 Å². The molecule has 0 bridgehead atoms. The van der Waals surface area contributed by atoms with E-state index in [4.69, 9.17) is 12.2 Å². The zero-order valence-electron chi connectivity index (χ0n) is 10.4. The predicted octanol–water partition coefficient (Wildman–Crippen LogP) is 1.76. The predicted molar refractivity (Wildman–Crippen MR) is 80.4 cm³/mol. The van der Waals surface area contributed by atoms with Gasteiger partial charge in [-0.25, -0.2) is 4.98 Å². The molecule has 1 aromatic heterocycles. The minimum Gasteiger partial charge on any atom is -0.506 e. The van der Waals surface area contributed by atoms with Gasteiger partial charge in [0.15, 0.2) is 5.11 Å². The van der Waals surface area contributed by atoms with Gasteiger partial charge in [-0.2, -0.15) is 5.10 Å². The Kier molecular flexibility index (Phi) is 4.25. The summed E-state index contributed by atoms with van der Waals surface area (Å²) in [5.74, 6) is 0.156. The molecular formula is C13H14N4OS. The molecule has 0 atom stereocenters. The maximum Gasteiger partial charge on any atom is 0.186 e. The van der Waals surface area contributed by atoms with Crippen LogP contribution in [0.2, 0.25) is 0 Å². The second-order valence-corrected chi connectivity index (χ2v) is 4.22. The van der Waals surface area contributed by atoms with E-state index in [1.165, 1.54) is 0 Å². The van der Waals surface area contributed by atoms with E-state index in [-0.39, 0.29) is 5.75 Å². The summed E-state index contributed by atoms with van der Waals surface area (Å²) in [6.45, 7) is 2.69. The lowest BCUT2D eigenvalue weighted by molar-refractivity contribution is 0.480. The van der Waals surface area contributed by atoms with E-state index in [9.17, 15) is 5.11 Å². The number of phenolic OH excluding ortho intramolecular Hbond substituents is 1. The van der Waals surface area contributed by atoms with Crippen molar-refractivity contribution >= 4 is 34.4 Å². The molecule has 0 fully saturated rings. The first-order valence-corrected chi connectivity index (χ1v) is 6.27. The van der Waals surface area contributed by atoms with E-state index in [0.29, 0.717) is 16.3 Å². The molecule has 1 heterocycles. The number of benzene rings is 1. The first-order chi connectivity index (χ1) is 9.20. The number of aromatic hydroxyl groups is 1. The van der Waals surface area contributed by atoms with Crippen molar-refractivity contribution in [3.8, 4) is 5.75 Å². The number of fused-ring (bicyclic) bond motifs is 1. The fourth-order valence-corrected chi connectivity index (χ4v) is 1.77. The van der Waals surface area contributed by atoms with Gasteiger partial charge >= 0.3 is 0 Å². The zero-order valence-corrected chi connectivity index (χ0v) is 11.2. The van der Waals surface area contributed by atoms with E-state index in [0.717, 1.165) is 11.9 Å². The molecule has 2 rings (SSSR count). The summed E-state index contributed by atoms with van der Waals surface area (Å²) in [7, 11) is 0. The number of hydrogen-bond acceptors (Lipinski definition) is 4. The molecule has 0 radical (unpaired) electrons. The molecule has 6 heteroatoms. The third-order valence-electron chi connectivity index (χ3n) is 2.42. The number of para-hydroxylation sites is 1. The number of phenols is 1. The highest BCUT2D eigenvalue weighted by atomic mass is 32.1. The number of nitrogens with zero attached hydrogens (tertiary/aromatic N) is 2. The number of thiocarbonyl (C=S) groups is 1. The first kappa shape index (κ1) is 13.2. The molecule has 0 saturated heterocycles. The van der Waals surface area contributed by atoms with Gasteiger partial charge in [-0.1, -0.05) is 18.2 Å². The lowest BCUT2D eigenvalue weighted by atomic mass is 10.2. The lowest BCUT2D eigenvalue weighted by Crippen LogP contribution is -2.31. The van der Waals surface area contributed by atoms with Crippen molar-refractivity contribution in [1.29, 1.82) is 0 Å². The van der Waals surface area contributed by atoms with Crippen LogP contribution >= 0.6 is 12.2 Å². The van der Waals surface area contributed by atoms with Crippen LogP contribution < -0.4 is 10.7 Å². The highest BCUT2D eigenvalue weighted by Crippen LogP contribution is 2.21. The summed E-state index contributed by atoms with van der Waals surface area (Å²) in [6.07, 6.45) is 1.55. The van der Waals surface area contributed by atoms with Gasteiger partial charge in [-0.05, 0) is 31.3 Å². The van der Waals surface area contributed by atoms with Gasteiger partial charge in [0.1, 0.15) is 11.3 Å². The second kappa shape index (κ2) is 6.10. The monoisotopic (exact) mass is 274 g/mol. The minimum absolute atomic E-state index is 0.156. The Morgan fingerprint density at radius 2 is 2.26 bits per heavy atom. The topological polar surface area (TPSA) is 69.5 Å². The van der Waals surface area contributed by atoms with Crippen molar-refractivity contribution in [3.05, 3.63) is 36.0 Å². The van der Waals surface area contributed by atoms with Crippen LogP contribution in [-0.2, 0) is 0 Å². The smallest absolute Gasteiger partial charge is 0.186 e.